The van der Waals surface area contributed by atoms with Crippen molar-refractivity contribution in [2.45, 2.75) is 20.3 Å². The van der Waals surface area contributed by atoms with Gasteiger partial charge in [0.25, 0.3) is 0 Å². The second kappa shape index (κ2) is 12.8. The summed E-state index contributed by atoms with van der Waals surface area (Å²) in [5.74, 6) is 0. The summed E-state index contributed by atoms with van der Waals surface area (Å²) >= 11 is 0. The van der Waals surface area contributed by atoms with E-state index in [9.17, 15) is 0 Å². The quantitative estimate of drug-likeness (QED) is 0.509. The minimum atomic E-state index is 0.487. The minimum Gasteiger partial charge on any atom is -0.325 e. The van der Waals surface area contributed by atoms with Gasteiger partial charge in [-0.15, -0.1) is 0 Å². The van der Waals surface area contributed by atoms with E-state index in [0.29, 0.717) is 6.54 Å². The van der Waals surface area contributed by atoms with E-state index in [-0.39, 0.29) is 0 Å². The van der Waals surface area contributed by atoms with Crippen molar-refractivity contribution >= 4 is 5.71 Å². The molecule has 2 N–H and O–H groups in total. The van der Waals surface area contributed by atoms with E-state index in [1.54, 1.807) is 13.1 Å². The molecule has 0 aromatic carbocycles. The molecular formula is C10H20N2. The van der Waals surface area contributed by atoms with Crippen molar-refractivity contribution in [3.63, 3.8) is 0 Å². The van der Waals surface area contributed by atoms with Crippen molar-refractivity contribution in [2.24, 2.45) is 10.7 Å². The van der Waals surface area contributed by atoms with E-state index < -0.39 is 0 Å². The van der Waals surface area contributed by atoms with Gasteiger partial charge in [0, 0.05) is 19.3 Å². The molecule has 12 heavy (non-hydrogen) atoms. The first-order valence-corrected chi connectivity index (χ1v) is 4.21. The third kappa shape index (κ3) is 11.9. The van der Waals surface area contributed by atoms with Gasteiger partial charge in [-0.25, -0.2) is 0 Å². The summed E-state index contributed by atoms with van der Waals surface area (Å²) in [5.41, 5.74) is 6.19. The first-order chi connectivity index (χ1) is 5.76. The smallest absolute Gasteiger partial charge is 0.0480 e. The van der Waals surface area contributed by atoms with Gasteiger partial charge in [0.05, 0.1) is 0 Å². The number of allylic oxidation sites excluding steroid dienone is 2. The Morgan fingerprint density at radius 3 is 2.25 bits per heavy atom. The van der Waals surface area contributed by atoms with Crippen LogP contribution in [0.25, 0.3) is 0 Å². The summed E-state index contributed by atoms with van der Waals surface area (Å²) in [7, 11) is 1.72. The lowest BCUT2D eigenvalue weighted by Gasteiger charge is -1.89. The molecule has 0 spiro atoms. The largest absolute Gasteiger partial charge is 0.325 e. The maximum absolute atomic E-state index is 5.31. The zero-order valence-corrected chi connectivity index (χ0v) is 8.38. The Kier molecular flexibility index (Phi) is 14.5. The number of rotatable bonds is 3. The Morgan fingerprint density at radius 1 is 1.50 bits per heavy atom. The van der Waals surface area contributed by atoms with Crippen LogP contribution in [0.4, 0.5) is 0 Å². The lowest BCUT2D eigenvalue weighted by Crippen LogP contribution is -2.10. The van der Waals surface area contributed by atoms with Gasteiger partial charge in [-0.2, -0.15) is 0 Å². The molecule has 0 rings (SSSR count). The predicted molar refractivity (Wildman–Crippen MR) is 57.7 cm³/mol. The van der Waals surface area contributed by atoms with Gasteiger partial charge in [0.2, 0.25) is 0 Å². The van der Waals surface area contributed by atoms with Crippen LogP contribution in [0.2, 0.25) is 0 Å². The molecule has 0 heterocycles. The standard InChI is InChI=1S/C7H12N2.C3H8/c1-3-4-5-7(6-8)9-2;1-3-2/h3-5H,1,6,8H2,2H3;3H2,1-2H3/b5-4-,9-7?;. The molecule has 0 saturated carbocycles. The maximum atomic E-state index is 5.31. The maximum Gasteiger partial charge on any atom is 0.0480 e. The fraction of sp³-hybridized carbons (Fsp3) is 0.500. The second-order valence-corrected chi connectivity index (χ2v) is 2.22. The van der Waals surface area contributed by atoms with E-state index >= 15 is 0 Å². The molecule has 2 heteroatoms. The van der Waals surface area contributed by atoms with Gasteiger partial charge >= 0.3 is 0 Å². The van der Waals surface area contributed by atoms with Gasteiger partial charge in [0.15, 0.2) is 0 Å². The van der Waals surface area contributed by atoms with E-state index in [0.717, 1.165) is 5.71 Å². The van der Waals surface area contributed by atoms with Crippen molar-refractivity contribution in [3.05, 3.63) is 24.8 Å². The van der Waals surface area contributed by atoms with Crippen LogP contribution in [0, 0.1) is 0 Å². The molecule has 0 atom stereocenters. The highest BCUT2D eigenvalue weighted by Crippen LogP contribution is 1.78. The van der Waals surface area contributed by atoms with Crippen molar-refractivity contribution < 1.29 is 0 Å². The third-order valence-electron chi connectivity index (χ3n) is 0.921. The SMILES string of the molecule is C=C/C=C\C(CN)=NC.CCC. The van der Waals surface area contributed by atoms with Crippen LogP contribution in [0.15, 0.2) is 29.8 Å². The highest BCUT2D eigenvalue weighted by atomic mass is 14.7. The van der Waals surface area contributed by atoms with E-state index in [2.05, 4.69) is 25.4 Å². The molecule has 0 aliphatic heterocycles. The number of hydrogen-bond acceptors (Lipinski definition) is 2. The van der Waals surface area contributed by atoms with Gasteiger partial charge in [-0.3, -0.25) is 4.99 Å². The third-order valence-corrected chi connectivity index (χ3v) is 0.921. The summed E-state index contributed by atoms with van der Waals surface area (Å²) in [6, 6.07) is 0. The van der Waals surface area contributed by atoms with Crippen LogP contribution in [-0.2, 0) is 0 Å². The molecule has 0 aromatic heterocycles. The van der Waals surface area contributed by atoms with Crippen molar-refractivity contribution in [3.8, 4) is 0 Å². The molecule has 0 aliphatic rings. The van der Waals surface area contributed by atoms with Gasteiger partial charge < -0.3 is 5.73 Å². The van der Waals surface area contributed by atoms with Crippen LogP contribution in [-0.4, -0.2) is 19.3 Å². The molecule has 0 radical (unpaired) electrons. The lowest BCUT2D eigenvalue weighted by molar-refractivity contribution is 1.09. The Balaban J connectivity index is 0. The molecule has 0 aliphatic carbocycles. The first kappa shape index (κ1) is 13.7. The summed E-state index contributed by atoms with van der Waals surface area (Å²) in [5, 5.41) is 0. The van der Waals surface area contributed by atoms with Gasteiger partial charge in [-0.05, 0) is 6.08 Å². The molecule has 0 aromatic rings. The van der Waals surface area contributed by atoms with E-state index in [1.807, 2.05) is 12.2 Å². The average Bonchev–Trinajstić information content (AvgIpc) is 2.08. The molecule has 0 fully saturated rings. The molecule has 70 valence electrons. The second-order valence-electron chi connectivity index (χ2n) is 2.22. The van der Waals surface area contributed by atoms with Crippen LogP contribution in [0.1, 0.15) is 20.3 Å². The number of nitrogens with two attached hydrogens (primary N) is 1. The Labute approximate surface area is 75.9 Å². The average molecular weight is 168 g/mol. The summed E-state index contributed by atoms with van der Waals surface area (Å²) in [6.45, 7) is 8.26. The van der Waals surface area contributed by atoms with Crippen molar-refractivity contribution in [2.75, 3.05) is 13.6 Å². The lowest BCUT2D eigenvalue weighted by atomic mass is 10.3. The van der Waals surface area contributed by atoms with Gasteiger partial charge in [0.1, 0.15) is 0 Å². The van der Waals surface area contributed by atoms with Crippen molar-refractivity contribution in [1.82, 2.24) is 0 Å². The first-order valence-electron chi connectivity index (χ1n) is 4.21. The van der Waals surface area contributed by atoms with Crippen LogP contribution in [0.3, 0.4) is 0 Å². The molecule has 0 unspecified atom stereocenters. The molecule has 2 nitrogen and oxygen atoms in total. The van der Waals surface area contributed by atoms with Crippen LogP contribution < -0.4 is 5.73 Å². The van der Waals surface area contributed by atoms with Crippen molar-refractivity contribution in [1.29, 1.82) is 0 Å². The minimum absolute atomic E-state index is 0.487. The molecule has 0 bridgehead atoms. The Hall–Kier alpha value is -0.890. The van der Waals surface area contributed by atoms with E-state index in [4.69, 9.17) is 5.73 Å². The summed E-state index contributed by atoms with van der Waals surface area (Å²) in [4.78, 5) is 3.90. The predicted octanol–water partition coefficient (Wildman–Crippen LogP) is 2.17. The highest BCUT2D eigenvalue weighted by Gasteiger charge is 1.82. The Morgan fingerprint density at radius 2 is 2.00 bits per heavy atom. The van der Waals surface area contributed by atoms with Gasteiger partial charge in [-0.1, -0.05) is 39.0 Å². The van der Waals surface area contributed by atoms with Crippen LogP contribution in [0.5, 0.6) is 0 Å². The number of hydrogen-bond donors (Lipinski definition) is 1. The topological polar surface area (TPSA) is 38.4 Å². The number of nitrogens with zero attached hydrogens (tertiary/aromatic N) is 1. The zero-order chi connectivity index (χ0) is 9.82. The highest BCUT2D eigenvalue weighted by molar-refractivity contribution is 5.96. The summed E-state index contributed by atoms with van der Waals surface area (Å²) in [6.07, 6.45) is 6.60. The van der Waals surface area contributed by atoms with E-state index in [1.165, 1.54) is 6.42 Å². The Bertz CT molecular complexity index is 146. The number of aliphatic imine (C=N–C) groups is 1. The molecular weight excluding hydrogens is 148 g/mol. The normalized spacial score (nSPS) is 10.8. The van der Waals surface area contributed by atoms with Crippen LogP contribution >= 0.6 is 0 Å². The fourth-order valence-electron chi connectivity index (χ4n) is 0.413. The summed E-state index contributed by atoms with van der Waals surface area (Å²) < 4.78 is 0. The zero-order valence-electron chi connectivity index (χ0n) is 8.38. The monoisotopic (exact) mass is 168 g/mol. The molecule has 0 amide bonds. The molecule has 0 saturated heterocycles. The fourth-order valence-corrected chi connectivity index (χ4v) is 0.413.